The molecule has 0 radical (unpaired) electrons. The summed E-state index contributed by atoms with van der Waals surface area (Å²) in [6.07, 6.45) is 0.893. The summed E-state index contributed by atoms with van der Waals surface area (Å²) in [5, 5.41) is 10.4. The lowest BCUT2D eigenvalue weighted by Crippen LogP contribution is -2.46. The Bertz CT molecular complexity index is 552. The summed E-state index contributed by atoms with van der Waals surface area (Å²) in [4.78, 5) is 14.2. The first-order valence-electron chi connectivity index (χ1n) is 8.30. The Morgan fingerprint density at radius 1 is 1.46 bits per heavy atom. The number of benzene rings is 1. The van der Waals surface area contributed by atoms with Crippen LogP contribution < -0.4 is 0 Å². The lowest BCUT2D eigenvalue weighted by Gasteiger charge is -2.33. The van der Waals surface area contributed by atoms with Crippen LogP contribution in [-0.4, -0.2) is 40.6 Å². The first-order chi connectivity index (χ1) is 11.3. The Hall–Kier alpha value is -1.85. The van der Waals surface area contributed by atoms with Crippen LogP contribution in [0.1, 0.15) is 45.2 Å². The van der Waals surface area contributed by atoms with E-state index in [0.29, 0.717) is 19.4 Å². The molecule has 1 N–H and O–H groups in total. The quantitative estimate of drug-likeness (QED) is 0.836. The molecule has 0 saturated carbocycles. The first kappa shape index (κ1) is 18.5. The third-order valence-electron chi connectivity index (χ3n) is 3.82. The van der Waals surface area contributed by atoms with E-state index in [1.54, 1.807) is 6.08 Å². The summed E-state index contributed by atoms with van der Waals surface area (Å²) in [5.41, 5.74) is 0.346. The first-order valence-corrected chi connectivity index (χ1v) is 8.30. The van der Waals surface area contributed by atoms with Crippen LogP contribution >= 0.6 is 0 Å². The minimum Gasteiger partial charge on any atom is -0.444 e. The van der Waals surface area contributed by atoms with Crippen molar-refractivity contribution in [2.24, 2.45) is 0 Å². The van der Waals surface area contributed by atoms with Crippen molar-refractivity contribution in [2.75, 3.05) is 6.61 Å². The molecule has 0 unspecified atom stereocenters. The Morgan fingerprint density at radius 3 is 2.71 bits per heavy atom. The Balaban J connectivity index is 2.25. The van der Waals surface area contributed by atoms with E-state index in [1.807, 2.05) is 51.1 Å². The highest BCUT2D eigenvalue weighted by Crippen LogP contribution is 2.34. The number of nitrogens with zero attached hydrogens (tertiary/aromatic N) is 1. The molecule has 132 valence electrons. The van der Waals surface area contributed by atoms with E-state index in [2.05, 4.69) is 6.58 Å². The van der Waals surface area contributed by atoms with Crippen molar-refractivity contribution in [1.29, 1.82) is 0 Å². The zero-order valence-corrected chi connectivity index (χ0v) is 14.6. The molecular weight excluding hydrogens is 306 g/mol. The number of aliphatic hydroxyl groups is 1. The molecule has 1 saturated heterocycles. The third kappa shape index (κ3) is 4.58. The van der Waals surface area contributed by atoms with Gasteiger partial charge in [0.2, 0.25) is 0 Å². The van der Waals surface area contributed by atoms with Crippen LogP contribution in [0, 0.1) is 0 Å². The highest BCUT2D eigenvalue weighted by Gasteiger charge is 2.44. The Labute approximate surface area is 143 Å². The van der Waals surface area contributed by atoms with Gasteiger partial charge in [0, 0.05) is 0 Å². The molecule has 0 aliphatic carbocycles. The second-order valence-electron chi connectivity index (χ2n) is 6.97. The monoisotopic (exact) mass is 333 g/mol. The normalized spacial score (nSPS) is 22.2. The van der Waals surface area contributed by atoms with Crippen molar-refractivity contribution in [2.45, 2.75) is 57.6 Å². The highest BCUT2D eigenvalue weighted by molar-refractivity contribution is 5.69. The van der Waals surface area contributed by atoms with Crippen molar-refractivity contribution in [3.05, 3.63) is 48.6 Å². The second kappa shape index (κ2) is 7.81. The van der Waals surface area contributed by atoms with Gasteiger partial charge in [-0.15, -0.1) is 6.58 Å². The van der Waals surface area contributed by atoms with E-state index in [-0.39, 0.29) is 6.04 Å². The molecule has 5 heteroatoms. The fraction of sp³-hybridized carbons (Fsp3) is 0.526. The average Bonchev–Trinajstić information content (AvgIpc) is 2.97. The van der Waals surface area contributed by atoms with E-state index < -0.39 is 24.0 Å². The molecule has 0 bridgehead atoms. The number of ether oxygens (including phenoxy) is 2. The molecule has 24 heavy (non-hydrogen) atoms. The fourth-order valence-corrected chi connectivity index (χ4v) is 2.73. The maximum Gasteiger partial charge on any atom is 0.413 e. The minimum absolute atomic E-state index is 0.274. The van der Waals surface area contributed by atoms with E-state index in [9.17, 15) is 9.90 Å². The SMILES string of the molecule is C=CCC[C@H](O)[C@@H]1OC[C@H](c2ccccc2)N1C(=O)OC(C)(C)C. The van der Waals surface area contributed by atoms with Crippen LogP contribution in [0.25, 0.3) is 0 Å². The molecule has 1 fully saturated rings. The molecule has 1 aromatic carbocycles. The maximum absolute atomic E-state index is 12.7. The van der Waals surface area contributed by atoms with Crippen LogP contribution in [0.4, 0.5) is 4.79 Å². The van der Waals surface area contributed by atoms with Gasteiger partial charge >= 0.3 is 6.09 Å². The summed E-state index contributed by atoms with van der Waals surface area (Å²) in [6, 6.07) is 9.39. The summed E-state index contributed by atoms with van der Waals surface area (Å²) in [7, 11) is 0. The van der Waals surface area contributed by atoms with E-state index in [1.165, 1.54) is 4.90 Å². The van der Waals surface area contributed by atoms with E-state index in [4.69, 9.17) is 9.47 Å². The number of hydrogen-bond acceptors (Lipinski definition) is 4. The number of hydrogen-bond donors (Lipinski definition) is 1. The van der Waals surface area contributed by atoms with Gasteiger partial charge in [0.05, 0.1) is 18.8 Å². The lowest BCUT2D eigenvalue weighted by atomic mass is 10.1. The zero-order valence-electron chi connectivity index (χ0n) is 14.6. The second-order valence-corrected chi connectivity index (χ2v) is 6.97. The molecule has 0 spiro atoms. The van der Waals surface area contributed by atoms with E-state index in [0.717, 1.165) is 5.56 Å². The number of amides is 1. The summed E-state index contributed by atoms with van der Waals surface area (Å²) in [5.74, 6) is 0. The van der Waals surface area contributed by atoms with Crippen molar-refractivity contribution < 1.29 is 19.4 Å². The third-order valence-corrected chi connectivity index (χ3v) is 3.82. The minimum atomic E-state index is -0.788. The van der Waals surface area contributed by atoms with Gasteiger partial charge in [-0.25, -0.2) is 4.79 Å². The van der Waals surface area contributed by atoms with Gasteiger partial charge in [-0.1, -0.05) is 36.4 Å². The van der Waals surface area contributed by atoms with Crippen molar-refractivity contribution in [3.63, 3.8) is 0 Å². The smallest absolute Gasteiger partial charge is 0.413 e. The lowest BCUT2D eigenvalue weighted by molar-refractivity contribution is -0.0721. The average molecular weight is 333 g/mol. The molecule has 1 heterocycles. The van der Waals surface area contributed by atoms with Crippen LogP contribution in [0.2, 0.25) is 0 Å². The Morgan fingerprint density at radius 2 is 2.12 bits per heavy atom. The molecule has 1 aromatic rings. The van der Waals surface area contributed by atoms with Crippen molar-refractivity contribution in [1.82, 2.24) is 4.90 Å². The zero-order chi connectivity index (χ0) is 17.7. The molecule has 3 atom stereocenters. The maximum atomic E-state index is 12.7. The van der Waals surface area contributed by atoms with Gasteiger partial charge in [0.15, 0.2) is 6.23 Å². The van der Waals surface area contributed by atoms with Gasteiger partial charge in [-0.05, 0) is 39.2 Å². The standard InChI is InChI=1S/C19H27NO4/c1-5-6-12-16(21)17-20(18(22)24-19(2,3)4)15(13-23-17)14-10-8-7-9-11-14/h5,7-11,15-17,21H,1,6,12-13H2,2-4H3/t15-,16+,17+/m1/s1. The highest BCUT2D eigenvalue weighted by atomic mass is 16.6. The van der Waals surface area contributed by atoms with Gasteiger partial charge < -0.3 is 14.6 Å². The predicted molar refractivity (Wildman–Crippen MR) is 92.4 cm³/mol. The largest absolute Gasteiger partial charge is 0.444 e. The number of allylic oxidation sites excluding steroid dienone is 1. The molecule has 2 rings (SSSR count). The summed E-state index contributed by atoms with van der Waals surface area (Å²) >= 11 is 0. The van der Waals surface area contributed by atoms with Gasteiger partial charge in [-0.2, -0.15) is 0 Å². The van der Waals surface area contributed by atoms with Crippen molar-refractivity contribution >= 4 is 6.09 Å². The number of aliphatic hydroxyl groups excluding tert-OH is 1. The van der Waals surface area contributed by atoms with E-state index >= 15 is 0 Å². The van der Waals surface area contributed by atoms with Crippen LogP contribution in [0.5, 0.6) is 0 Å². The summed E-state index contributed by atoms with van der Waals surface area (Å²) < 4.78 is 11.3. The molecule has 1 aliphatic heterocycles. The topological polar surface area (TPSA) is 59.0 Å². The predicted octanol–water partition coefficient (Wildman–Crippen LogP) is 3.65. The number of carbonyl (C=O) groups is 1. The van der Waals surface area contributed by atoms with Crippen LogP contribution in [0.3, 0.4) is 0 Å². The van der Waals surface area contributed by atoms with Gasteiger partial charge in [0.1, 0.15) is 5.60 Å². The number of rotatable bonds is 5. The van der Waals surface area contributed by atoms with Crippen LogP contribution in [-0.2, 0) is 9.47 Å². The molecular formula is C19H27NO4. The Kier molecular flexibility index (Phi) is 6.02. The molecule has 5 nitrogen and oxygen atoms in total. The van der Waals surface area contributed by atoms with Crippen LogP contribution in [0.15, 0.2) is 43.0 Å². The molecule has 1 amide bonds. The molecule has 0 aromatic heterocycles. The number of carbonyl (C=O) groups excluding carboxylic acids is 1. The fourth-order valence-electron chi connectivity index (χ4n) is 2.73. The van der Waals surface area contributed by atoms with Gasteiger partial charge in [0.25, 0.3) is 0 Å². The van der Waals surface area contributed by atoms with Gasteiger partial charge in [-0.3, -0.25) is 4.90 Å². The summed E-state index contributed by atoms with van der Waals surface area (Å²) in [6.45, 7) is 9.47. The van der Waals surface area contributed by atoms with Crippen molar-refractivity contribution in [3.8, 4) is 0 Å². The molecule has 1 aliphatic rings.